The van der Waals surface area contributed by atoms with E-state index in [4.69, 9.17) is 10.5 Å². The number of carboxylic acid groups (broad SMARTS) is 3. The summed E-state index contributed by atoms with van der Waals surface area (Å²) >= 11 is 0. The van der Waals surface area contributed by atoms with E-state index in [9.17, 15) is 162 Å². The van der Waals surface area contributed by atoms with Gasteiger partial charge in [0.25, 0.3) is 5.91 Å². The molecule has 0 bridgehead atoms. The first-order chi connectivity index (χ1) is 65.2. The number of amides is 13. The number of esters is 2. The summed E-state index contributed by atoms with van der Waals surface area (Å²) in [7, 11) is -27.0. The van der Waals surface area contributed by atoms with Gasteiger partial charge in [-0.1, -0.05) is 99.1 Å². The number of nitrogens with zero attached hydrogens (tertiary/aromatic N) is 1. The number of para-hydroxylation sites is 2. The monoisotopic (exact) mass is 2070 g/mol. The van der Waals surface area contributed by atoms with Gasteiger partial charge in [0.15, 0.2) is 6.61 Å². The molecule has 1 aliphatic rings. The van der Waals surface area contributed by atoms with Gasteiger partial charge in [-0.3, -0.25) is 99.5 Å². The highest BCUT2D eigenvalue weighted by atomic mass is 32.3. The Morgan fingerprint density at radius 3 is 1.31 bits per heavy atom. The van der Waals surface area contributed by atoms with Gasteiger partial charge in [-0.15, -0.1) is 0 Å². The molecule has 0 unspecified atom stereocenters. The number of carboxylic acids is 3. The van der Waals surface area contributed by atoms with Gasteiger partial charge in [0.2, 0.25) is 65.0 Å². The lowest BCUT2D eigenvalue weighted by atomic mass is 9.96. The van der Waals surface area contributed by atoms with Crippen LogP contribution in [0.3, 0.4) is 0 Å². The smallest absolute Gasteiger partial charge is 0.446 e. The third-order valence-corrected chi connectivity index (χ3v) is 21.9. The number of carbonyl (C=O) groups excluding carboxylic acids is 15. The Labute approximate surface area is 795 Å². The van der Waals surface area contributed by atoms with E-state index >= 15 is 4.79 Å². The maximum Gasteiger partial charge on any atom is 0.446 e. The largest absolute Gasteiger partial charge is 0.482 e. The van der Waals surface area contributed by atoms with Crippen molar-refractivity contribution in [1.29, 1.82) is 0 Å². The van der Waals surface area contributed by atoms with E-state index in [-0.39, 0.29) is 60.4 Å². The van der Waals surface area contributed by atoms with E-state index in [1.54, 1.807) is 41.0 Å². The average Bonchev–Trinajstić information content (AvgIpc) is 1.76. The quantitative estimate of drug-likeness (QED) is 0.00749. The van der Waals surface area contributed by atoms with Crippen molar-refractivity contribution in [2.75, 3.05) is 25.1 Å². The summed E-state index contributed by atoms with van der Waals surface area (Å²) in [5, 5.41) is 53.2. The van der Waals surface area contributed by atoms with Crippen molar-refractivity contribution in [2.24, 2.45) is 11.7 Å². The second kappa shape index (κ2) is 51.7. The molecule has 21 N–H and O–H groups in total. The van der Waals surface area contributed by atoms with Crippen molar-refractivity contribution in [2.45, 2.75) is 171 Å². The van der Waals surface area contributed by atoms with Gasteiger partial charge < -0.3 is 106 Å². The molecule has 0 saturated carbocycles. The average molecular weight is 2080 g/mol. The highest BCUT2D eigenvalue weighted by Crippen LogP contribution is 2.27. The van der Waals surface area contributed by atoms with Crippen molar-refractivity contribution >= 4 is 164 Å². The molecule has 5 aromatic rings. The van der Waals surface area contributed by atoms with Crippen LogP contribution >= 0.6 is 0 Å². The second-order valence-electron chi connectivity index (χ2n) is 30.5. The van der Waals surface area contributed by atoms with Gasteiger partial charge >= 0.3 is 87.7 Å². The normalized spacial score (nSPS) is 15.2. The molecule has 0 spiro atoms. The maximum atomic E-state index is 15.2. The summed E-state index contributed by atoms with van der Waals surface area (Å²) in [6.07, 6.45) is -9.45. The van der Waals surface area contributed by atoms with Crippen LogP contribution < -0.4 is 81.5 Å². The molecule has 61 heteroatoms. The van der Waals surface area contributed by atoms with Gasteiger partial charge in [0.05, 0.1) is 25.1 Å². The number of ether oxygens (including phenoxy) is 2. The van der Waals surface area contributed by atoms with E-state index in [2.05, 4.69) is 68.2 Å². The molecule has 6 rings (SSSR count). The van der Waals surface area contributed by atoms with Crippen LogP contribution in [0, 0.1) is 5.92 Å². The van der Waals surface area contributed by atoms with Crippen LogP contribution in [0.2, 0.25) is 0 Å². The predicted octanol–water partition coefficient (Wildman–Crippen LogP) is -5.18. The highest BCUT2D eigenvalue weighted by Gasteiger charge is 2.43. The summed E-state index contributed by atoms with van der Waals surface area (Å²) in [6.45, 7) is 1.39. The van der Waals surface area contributed by atoms with Crippen LogP contribution in [-0.4, -0.2) is 284 Å². The molecule has 1 aliphatic heterocycles. The number of benzene rings is 5. The fourth-order valence-corrected chi connectivity index (χ4v) is 14.9. The number of aliphatic carboxylic acids is 3. The SMILES string of the molecule is CC[C@H](C)[C@H](NC(=O)[C@H](CC(=O)O)NC(=O)[C@H](Cc1ccc(OS(=O)(=O)O)cc1)NC(=O)COc1ccccc1NC(=O)[C@@H](Cc1ccccc1)NC(=O)[C@@H]1CCCN1C(=O)C(=O)OC(C)=O)C(=O)N[C@@H](CC(N)=O)C(=O)N[C@@H](Cc1ccc(OS(=O)(=O)O)cc1)C(=O)N[C@@H](Cc1ccc(OS(=O)(=O)O)cc1)C(=O)N[C@H](C(=O)N[C@@H](COS(=O)(=O)O)C(=O)N[C@@H](CCC(=O)O)C(=O)O)[C@@H](C)OS(=O)(=O)O. The molecule has 1 saturated heterocycles. The summed E-state index contributed by atoms with van der Waals surface area (Å²) < 4.78 is 197. The van der Waals surface area contributed by atoms with E-state index in [0.29, 0.717) is 12.5 Å². The third kappa shape index (κ3) is 40.2. The van der Waals surface area contributed by atoms with Gasteiger partial charge in [-0.2, -0.15) is 42.1 Å². The second-order valence-corrected chi connectivity index (χ2v) is 35.7. The number of carbonyl (C=O) groups is 18. The lowest BCUT2D eigenvalue weighted by Crippen LogP contribution is -2.63. The molecular weight excluding hydrogens is 1980 g/mol. The van der Waals surface area contributed by atoms with Crippen molar-refractivity contribution in [1.82, 2.24) is 58.1 Å². The highest BCUT2D eigenvalue weighted by molar-refractivity contribution is 7.82. The van der Waals surface area contributed by atoms with E-state index in [1.807, 2.05) is 5.32 Å². The molecule has 1 fully saturated rings. The molecule has 13 amide bonds. The number of rotatable bonds is 54. The van der Waals surface area contributed by atoms with Gasteiger partial charge in [0.1, 0.15) is 95.6 Å². The summed E-state index contributed by atoms with van der Waals surface area (Å²) in [6, 6.07) is 1.77. The Balaban J connectivity index is 1.33. The van der Waals surface area contributed by atoms with Crippen molar-refractivity contribution in [3.05, 3.63) is 150 Å². The number of hydrogen-bond donors (Lipinski definition) is 20. The zero-order chi connectivity index (χ0) is 105. The van der Waals surface area contributed by atoms with Crippen LogP contribution in [0.5, 0.6) is 23.0 Å². The molecule has 0 aliphatic carbocycles. The van der Waals surface area contributed by atoms with Gasteiger partial charge in [0, 0.05) is 45.6 Å². The number of nitrogens with two attached hydrogens (primary N) is 1. The summed E-state index contributed by atoms with van der Waals surface area (Å²) in [5.74, 6) is -29.7. The van der Waals surface area contributed by atoms with E-state index < -0.39 is 313 Å². The Hall–Kier alpha value is -14.6. The first-order valence-corrected chi connectivity index (χ1v) is 47.7. The fraction of sp³-hybridized carbons (Fsp3) is 0.392. The predicted molar refractivity (Wildman–Crippen MR) is 468 cm³/mol. The molecule has 0 radical (unpaired) electrons. The topological polar surface area (TPSA) is 866 Å². The third-order valence-electron chi connectivity index (χ3n) is 19.7. The van der Waals surface area contributed by atoms with E-state index in [0.717, 1.165) is 84.6 Å². The van der Waals surface area contributed by atoms with Gasteiger partial charge in [-0.05, 0) is 103 Å². The van der Waals surface area contributed by atoms with Crippen LogP contribution in [0.4, 0.5) is 5.69 Å². The minimum atomic E-state index is -5.77. The van der Waals surface area contributed by atoms with Crippen molar-refractivity contribution < 1.29 is 197 Å². The van der Waals surface area contributed by atoms with Crippen molar-refractivity contribution in [3.8, 4) is 23.0 Å². The summed E-state index contributed by atoms with van der Waals surface area (Å²) in [5.41, 5.74) is 5.65. The lowest BCUT2D eigenvalue weighted by molar-refractivity contribution is -0.167. The Bertz CT molecular complexity index is 6030. The molecule has 13 atom stereocenters. The molecule has 140 heavy (non-hydrogen) atoms. The maximum absolute atomic E-state index is 15.2. The standard InChI is InChI=1S/C79H95N13O43S5/c1-5-40(2)65(90-72(105)57(37-64(98)99)86-67(100)52(33-44-17-23-47(24-18-44)133-138(120,121)122)81-62(95)39-129-60-16-10-9-14-50(60)82-68(101)54(32-43-12-7-6-8-13-43)87-74(107)59-15-11-31-92(59)77(110)79(113)131-42(4)93)75(108)88-56(36-61(80)94)70(103)84-53(34-45-19-25-48(26-20-45)134-139(123,124)125)69(102)85-55(35-46-21-27-49(28-22-46)135-140(126,127)128)71(104)91-66(41(3)132-137(117,118)119)76(109)89-58(38-130-136(114,115)116)73(106)83-51(78(111)112)29-30-63(96)97/h6-10,12-14,16-28,40-41,51-59,65-66H,5,11,15,29-39H2,1-4H3,(H2,80,94)(H,81,95)(H,82,101)(H,83,106)(H,84,103)(H,85,102)(H,86,100)(H,87,107)(H,88,108)(H,89,109)(H,90,105)(H,91,104)(H,96,97)(H,98,99)(H,111,112)(H,114,115,116)(H,117,118,119)(H,120,121,122)(H,123,124,125)(H,126,127,128)/t40-,41+,51-,52-,53-,54+,55-,56-,57-,58-,59-,65-,66-/m0/s1. The van der Waals surface area contributed by atoms with E-state index in [1.165, 1.54) is 38.1 Å². The molecule has 56 nitrogen and oxygen atoms in total. The molecular formula is C79H95N13O43S5. The lowest BCUT2D eigenvalue weighted by Gasteiger charge is -2.30. The van der Waals surface area contributed by atoms with Crippen LogP contribution in [0.15, 0.2) is 127 Å². The Morgan fingerprint density at radius 1 is 0.443 bits per heavy atom. The minimum absolute atomic E-state index is 0.0233. The number of anilines is 1. The molecule has 5 aromatic carbocycles. The Kier molecular flexibility index (Phi) is 42.2. The number of nitrogens with one attached hydrogen (secondary N) is 11. The zero-order valence-electron chi connectivity index (χ0n) is 73.5. The van der Waals surface area contributed by atoms with Crippen LogP contribution in [0.25, 0.3) is 0 Å². The minimum Gasteiger partial charge on any atom is -0.482 e. The van der Waals surface area contributed by atoms with Crippen LogP contribution in [0.1, 0.15) is 94.9 Å². The zero-order valence-corrected chi connectivity index (χ0v) is 77.5. The number of primary amides is 1. The van der Waals surface area contributed by atoms with Gasteiger partial charge in [-0.25, -0.2) is 18.0 Å². The fourth-order valence-electron chi connectivity index (χ4n) is 13.1. The van der Waals surface area contributed by atoms with Crippen molar-refractivity contribution in [3.63, 3.8) is 0 Å². The first kappa shape index (κ1) is 114. The number of hydrogen-bond acceptors (Lipinski definition) is 35. The molecule has 1 heterocycles. The molecule has 764 valence electrons. The molecule has 0 aromatic heterocycles. The van der Waals surface area contributed by atoms with Crippen LogP contribution in [-0.2, 0) is 177 Å². The Morgan fingerprint density at radius 2 is 0.850 bits per heavy atom. The number of likely N-dealkylation sites (tertiary alicyclic amines) is 1. The summed E-state index contributed by atoms with van der Waals surface area (Å²) in [4.78, 5) is 247. The first-order valence-electron chi connectivity index (χ1n) is 40.8.